The van der Waals surface area contributed by atoms with Crippen molar-refractivity contribution in [2.24, 2.45) is 0 Å². The number of benzene rings is 1. The third-order valence-electron chi connectivity index (χ3n) is 3.65. The molecule has 0 spiro atoms. The minimum atomic E-state index is 0.0393. The number of carbonyl (C=O) groups is 1. The number of amides is 1. The van der Waals surface area contributed by atoms with Crippen LogP contribution in [0, 0.1) is 6.92 Å². The van der Waals surface area contributed by atoms with Crippen LogP contribution in [0.3, 0.4) is 0 Å². The summed E-state index contributed by atoms with van der Waals surface area (Å²) in [5.74, 6) is 0.0393. The first-order valence-corrected chi connectivity index (χ1v) is 9.40. The lowest BCUT2D eigenvalue weighted by Gasteiger charge is -2.20. The van der Waals surface area contributed by atoms with E-state index in [2.05, 4.69) is 18.4 Å². The van der Waals surface area contributed by atoms with E-state index in [1.54, 1.807) is 28.0 Å². The van der Waals surface area contributed by atoms with Gasteiger partial charge in [-0.15, -0.1) is 23.1 Å². The Morgan fingerprint density at radius 3 is 2.86 bits per heavy atom. The van der Waals surface area contributed by atoms with Crippen LogP contribution >= 0.6 is 35.3 Å². The number of thioether (sulfide) groups is 1. The third kappa shape index (κ3) is 2.91. The van der Waals surface area contributed by atoms with Crippen molar-refractivity contribution in [1.82, 2.24) is 4.90 Å². The first-order valence-electron chi connectivity index (χ1n) is 6.89. The second-order valence-electron chi connectivity index (χ2n) is 5.10. The van der Waals surface area contributed by atoms with Gasteiger partial charge in [-0.3, -0.25) is 9.69 Å². The highest BCUT2D eigenvalue weighted by Gasteiger charge is 2.34. The van der Waals surface area contributed by atoms with Crippen LogP contribution in [0.15, 0.2) is 40.6 Å². The lowest BCUT2D eigenvalue weighted by atomic mass is 10.3. The number of hydrogen-bond donors (Lipinski definition) is 0. The maximum atomic E-state index is 12.4. The minimum absolute atomic E-state index is 0.0393. The standard InChI is InChI=1S/C16H16N2OS3/c1-11-6-7-22-14(11)9-17-10-15(19)18(16(17)20)12-4-3-5-13(8-12)21-2/h3-8H,9-10H2,1-2H3. The number of anilines is 1. The Bertz CT molecular complexity index is 726. The molecule has 0 saturated carbocycles. The maximum absolute atomic E-state index is 12.4. The molecule has 1 amide bonds. The van der Waals surface area contributed by atoms with Crippen molar-refractivity contribution in [2.75, 3.05) is 17.7 Å². The predicted molar refractivity (Wildman–Crippen MR) is 97.8 cm³/mol. The first kappa shape index (κ1) is 15.5. The zero-order valence-corrected chi connectivity index (χ0v) is 14.9. The molecule has 3 rings (SSSR count). The number of thiocarbonyl (C=S) groups is 1. The average molecular weight is 349 g/mol. The molecule has 1 aliphatic heterocycles. The van der Waals surface area contributed by atoms with Crippen molar-refractivity contribution in [3.05, 3.63) is 46.2 Å². The molecule has 1 aromatic heterocycles. The molecule has 0 unspecified atom stereocenters. The molecule has 6 heteroatoms. The van der Waals surface area contributed by atoms with Crippen molar-refractivity contribution < 1.29 is 4.79 Å². The van der Waals surface area contributed by atoms with E-state index in [4.69, 9.17) is 12.2 Å². The summed E-state index contributed by atoms with van der Waals surface area (Å²) in [6.07, 6.45) is 2.02. The van der Waals surface area contributed by atoms with Crippen LogP contribution in [0.4, 0.5) is 5.69 Å². The Labute approximate surface area is 143 Å². The van der Waals surface area contributed by atoms with E-state index in [0.717, 1.165) is 10.6 Å². The Balaban J connectivity index is 1.83. The second kappa shape index (κ2) is 6.40. The van der Waals surface area contributed by atoms with E-state index >= 15 is 0 Å². The number of hydrogen-bond acceptors (Lipinski definition) is 4. The maximum Gasteiger partial charge on any atom is 0.252 e. The van der Waals surface area contributed by atoms with Crippen LogP contribution in [0.1, 0.15) is 10.4 Å². The van der Waals surface area contributed by atoms with Gasteiger partial charge in [0.05, 0.1) is 12.2 Å². The van der Waals surface area contributed by atoms with E-state index in [1.807, 2.05) is 35.4 Å². The van der Waals surface area contributed by atoms with Gasteiger partial charge in [0.2, 0.25) is 0 Å². The quantitative estimate of drug-likeness (QED) is 0.617. The minimum Gasteiger partial charge on any atom is -0.334 e. The molecule has 0 aliphatic carbocycles. The third-order valence-corrected chi connectivity index (χ3v) is 5.83. The molecule has 1 fully saturated rings. The van der Waals surface area contributed by atoms with Gasteiger partial charge in [-0.25, -0.2) is 0 Å². The Morgan fingerprint density at radius 2 is 2.18 bits per heavy atom. The van der Waals surface area contributed by atoms with Crippen LogP contribution in [-0.2, 0) is 11.3 Å². The van der Waals surface area contributed by atoms with Gasteiger partial charge in [0, 0.05) is 9.77 Å². The van der Waals surface area contributed by atoms with Gasteiger partial charge in [0.1, 0.15) is 6.54 Å². The van der Waals surface area contributed by atoms with Crippen LogP contribution < -0.4 is 4.90 Å². The topological polar surface area (TPSA) is 23.6 Å². The number of aryl methyl sites for hydroxylation is 1. The lowest BCUT2D eigenvalue weighted by Crippen LogP contribution is -2.32. The van der Waals surface area contributed by atoms with Gasteiger partial charge in [0.25, 0.3) is 5.91 Å². The Kier molecular flexibility index (Phi) is 4.52. The number of nitrogens with zero attached hydrogens (tertiary/aromatic N) is 2. The van der Waals surface area contributed by atoms with E-state index in [1.165, 1.54) is 10.4 Å². The van der Waals surface area contributed by atoms with E-state index in [9.17, 15) is 4.79 Å². The van der Waals surface area contributed by atoms with Crippen LogP contribution in [0.2, 0.25) is 0 Å². The summed E-state index contributed by atoms with van der Waals surface area (Å²) < 4.78 is 0. The summed E-state index contributed by atoms with van der Waals surface area (Å²) in [4.78, 5) is 18.4. The highest BCUT2D eigenvalue weighted by Crippen LogP contribution is 2.28. The van der Waals surface area contributed by atoms with Crippen molar-refractivity contribution in [1.29, 1.82) is 0 Å². The normalized spacial score (nSPS) is 15.0. The highest BCUT2D eigenvalue weighted by molar-refractivity contribution is 7.98. The molecule has 1 aliphatic rings. The van der Waals surface area contributed by atoms with Crippen molar-refractivity contribution in [3.8, 4) is 0 Å². The zero-order chi connectivity index (χ0) is 15.7. The summed E-state index contributed by atoms with van der Waals surface area (Å²) >= 11 is 8.91. The van der Waals surface area contributed by atoms with E-state index in [0.29, 0.717) is 18.2 Å². The second-order valence-corrected chi connectivity index (χ2v) is 7.34. The number of rotatable bonds is 4. The monoisotopic (exact) mass is 348 g/mol. The van der Waals surface area contributed by atoms with Crippen molar-refractivity contribution >= 4 is 52.0 Å². The molecule has 0 N–H and O–H groups in total. The van der Waals surface area contributed by atoms with Crippen LogP contribution in [0.5, 0.6) is 0 Å². The fraction of sp³-hybridized carbons (Fsp3) is 0.250. The van der Waals surface area contributed by atoms with Gasteiger partial charge >= 0.3 is 0 Å². The molecular weight excluding hydrogens is 332 g/mol. The predicted octanol–water partition coefficient (Wildman–Crippen LogP) is 3.91. The molecule has 22 heavy (non-hydrogen) atoms. The summed E-state index contributed by atoms with van der Waals surface area (Å²) in [5.41, 5.74) is 2.11. The Hall–Kier alpha value is -1.37. The molecule has 3 nitrogen and oxygen atoms in total. The molecule has 0 radical (unpaired) electrons. The highest BCUT2D eigenvalue weighted by atomic mass is 32.2. The molecule has 114 valence electrons. The molecule has 2 heterocycles. The lowest BCUT2D eigenvalue weighted by molar-refractivity contribution is -0.116. The van der Waals surface area contributed by atoms with Crippen LogP contribution in [-0.4, -0.2) is 28.7 Å². The SMILES string of the molecule is CSc1cccc(N2C(=O)CN(Cc3sccc3C)C2=S)c1. The van der Waals surface area contributed by atoms with Crippen molar-refractivity contribution in [3.63, 3.8) is 0 Å². The molecule has 0 bridgehead atoms. The van der Waals surface area contributed by atoms with E-state index in [-0.39, 0.29) is 5.91 Å². The molecule has 0 atom stereocenters. The fourth-order valence-electron chi connectivity index (χ4n) is 2.42. The van der Waals surface area contributed by atoms with E-state index < -0.39 is 0 Å². The largest absolute Gasteiger partial charge is 0.334 e. The van der Waals surface area contributed by atoms with Crippen LogP contribution in [0.25, 0.3) is 0 Å². The molecular formula is C16H16N2OS3. The molecule has 2 aromatic rings. The number of thiophene rings is 1. The Morgan fingerprint density at radius 1 is 1.36 bits per heavy atom. The fourth-order valence-corrected chi connectivity index (χ4v) is 4.13. The van der Waals surface area contributed by atoms with Gasteiger partial charge in [-0.05, 0) is 60.6 Å². The van der Waals surface area contributed by atoms with Gasteiger partial charge in [-0.1, -0.05) is 6.07 Å². The first-order chi connectivity index (χ1) is 10.6. The van der Waals surface area contributed by atoms with Crippen molar-refractivity contribution in [2.45, 2.75) is 18.4 Å². The molecule has 1 aromatic carbocycles. The zero-order valence-electron chi connectivity index (χ0n) is 12.4. The molecule has 1 saturated heterocycles. The summed E-state index contributed by atoms with van der Waals surface area (Å²) in [5, 5.41) is 2.67. The average Bonchev–Trinajstić information content (AvgIpc) is 3.03. The summed E-state index contributed by atoms with van der Waals surface area (Å²) in [6.45, 7) is 3.14. The van der Waals surface area contributed by atoms with Gasteiger partial charge in [-0.2, -0.15) is 0 Å². The smallest absolute Gasteiger partial charge is 0.252 e. The summed E-state index contributed by atoms with van der Waals surface area (Å²) in [7, 11) is 0. The number of carbonyl (C=O) groups excluding carboxylic acids is 1. The van der Waals surface area contributed by atoms with Gasteiger partial charge < -0.3 is 4.90 Å². The van der Waals surface area contributed by atoms with Gasteiger partial charge in [0.15, 0.2) is 5.11 Å². The summed E-state index contributed by atoms with van der Waals surface area (Å²) in [6, 6.07) is 10.0.